The number of aliphatic carboxylic acids is 1. The summed E-state index contributed by atoms with van der Waals surface area (Å²) in [7, 11) is 0. The zero-order chi connectivity index (χ0) is 31.9. The SMILES string of the molecule is CC1C(CN2CCN(c3ccc([N+](=O)[O-])cc3)CC2)OC(c2cccc(NC(=O)CCC(=O)O)c2)OC1c1ccc(CO)cc1. The van der Waals surface area contributed by atoms with Crippen molar-refractivity contribution in [2.45, 2.75) is 44.9 Å². The van der Waals surface area contributed by atoms with E-state index in [1.54, 1.807) is 30.3 Å². The molecule has 2 fully saturated rings. The van der Waals surface area contributed by atoms with E-state index >= 15 is 0 Å². The van der Waals surface area contributed by atoms with Gasteiger partial charge in [0.15, 0.2) is 6.29 Å². The van der Waals surface area contributed by atoms with Crippen molar-refractivity contribution in [1.29, 1.82) is 0 Å². The summed E-state index contributed by atoms with van der Waals surface area (Å²) >= 11 is 0. The summed E-state index contributed by atoms with van der Waals surface area (Å²) in [6.45, 7) is 5.87. The van der Waals surface area contributed by atoms with E-state index < -0.39 is 17.2 Å². The zero-order valence-corrected chi connectivity index (χ0v) is 25.1. The maximum Gasteiger partial charge on any atom is 0.303 e. The first-order chi connectivity index (χ1) is 21.7. The number of anilines is 2. The van der Waals surface area contributed by atoms with Crippen LogP contribution in [0.1, 0.15) is 48.8 Å². The van der Waals surface area contributed by atoms with Crippen molar-refractivity contribution < 1.29 is 34.2 Å². The number of aliphatic hydroxyl groups is 1. The smallest absolute Gasteiger partial charge is 0.303 e. The number of hydrogen-bond donors (Lipinski definition) is 3. The highest BCUT2D eigenvalue weighted by molar-refractivity contribution is 5.92. The molecule has 4 atom stereocenters. The molecule has 0 radical (unpaired) electrons. The number of piperazine rings is 1. The molecule has 2 heterocycles. The number of carboxylic acids is 1. The van der Waals surface area contributed by atoms with Crippen LogP contribution >= 0.6 is 0 Å². The van der Waals surface area contributed by atoms with Crippen LogP contribution in [0.2, 0.25) is 0 Å². The highest BCUT2D eigenvalue weighted by Gasteiger charge is 2.39. The largest absolute Gasteiger partial charge is 0.481 e. The van der Waals surface area contributed by atoms with Crippen LogP contribution in [0.3, 0.4) is 0 Å². The van der Waals surface area contributed by atoms with E-state index in [0.29, 0.717) is 12.2 Å². The van der Waals surface area contributed by atoms with Crippen molar-refractivity contribution in [3.8, 4) is 0 Å². The Morgan fingerprint density at radius 1 is 0.956 bits per heavy atom. The van der Waals surface area contributed by atoms with Crippen molar-refractivity contribution in [3.63, 3.8) is 0 Å². The van der Waals surface area contributed by atoms with Gasteiger partial charge < -0.3 is 29.9 Å². The van der Waals surface area contributed by atoms with Crippen molar-refractivity contribution in [3.05, 3.63) is 99.6 Å². The molecule has 1 amide bonds. The summed E-state index contributed by atoms with van der Waals surface area (Å²) in [4.78, 5) is 38.3. The molecule has 0 aromatic heterocycles. The molecule has 0 spiro atoms. The Bertz CT molecular complexity index is 1470. The minimum Gasteiger partial charge on any atom is -0.481 e. The Morgan fingerprint density at radius 3 is 2.31 bits per heavy atom. The first-order valence-electron chi connectivity index (χ1n) is 15.0. The van der Waals surface area contributed by atoms with Gasteiger partial charge in [-0.1, -0.05) is 43.3 Å². The van der Waals surface area contributed by atoms with Crippen molar-refractivity contribution in [1.82, 2.24) is 4.90 Å². The topological polar surface area (TPSA) is 155 Å². The van der Waals surface area contributed by atoms with E-state index in [1.807, 2.05) is 30.3 Å². The number of ether oxygens (including phenoxy) is 2. The lowest BCUT2D eigenvalue weighted by atomic mass is 9.90. The quantitative estimate of drug-likeness (QED) is 0.207. The maximum absolute atomic E-state index is 12.3. The number of aliphatic hydroxyl groups excluding tert-OH is 1. The summed E-state index contributed by atoms with van der Waals surface area (Å²) in [5, 5.41) is 32.2. The zero-order valence-electron chi connectivity index (χ0n) is 25.1. The molecular weight excluding hydrogens is 580 g/mol. The average molecular weight is 619 g/mol. The second kappa shape index (κ2) is 14.6. The molecule has 12 nitrogen and oxygen atoms in total. The predicted octanol–water partition coefficient (Wildman–Crippen LogP) is 4.50. The van der Waals surface area contributed by atoms with E-state index in [9.17, 15) is 24.8 Å². The molecule has 5 rings (SSSR count). The number of rotatable bonds is 11. The molecule has 0 saturated carbocycles. The first-order valence-corrected chi connectivity index (χ1v) is 15.0. The van der Waals surface area contributed by atoms with Crippen molar-refractivity contribution >= 4 is 28.9 Å². The Morgan fingerprint density at radius 2 is 1.67 bits per heavy atom. The van der Waals surface area contributed by atoms with Crippen molar-refractivity contribution in [2.75, 3.05) is 42.9 Å². The second-order valence-corrected chi connectivity index (χ2v) is 11.5. The molecule has 3 aromatic rings. The number of hydrogen-bond acceptors (Lipinski definition) is 9. The van der Waals surface area contributed by atoms with Gasteiger partial charge in [-0.15, -0.1) is 0 Å². The van der Waals surface area contributed by atoms with Crippen LogP contribution in [-0.4, -0.2) is 70.7 Å². The fourth-order valence-electron chi connectivity index (χ4n) is 5.76. The van der Waals surface area contributed by atoms with Crippen LogP contribution in [-0.2, 0) is 25.7 Å². The summed E-state index contributed by atoms with van der Waals surface area (Å²) in [6, 6.07) is 21.5. The minimum atomic E-state index is -1.03. The Kier molecular flexibility index (Phi) is 10.4. The standard InChI is InChI=1S/C33H38N4O8/c1-22-29(20-35-15-17-36(18-16-35)27-9-11-28(12-10-27)37(42)43)44-33(45-32(22)24-7-5-23(21-38)6-8-24)25-3-2-4-26(19-25)34-30(39)13-14-31(40)41/h2-12,19,22,29,32-33,38H,13-18,20-21H2,1H3,(H,34,39)(H,40,41). The number of nitrogens with zero attached hydrogens (tertiary/aromatic N) is 3. The van der Waals surface area contributed by atoms with Gasteiger partial charge in [-0.3, -0.25) is 24.6 Å². The van der Waals surface area contributed by atoms with E-state index in [1.165, 1.54) is 12.1 Å². The van der Waals surface area contributed by atoms with E-state index in [0.717, 1.165) is 48.6 Å². The van der Waals surface area contributed by atoms with E-state index in [2.05, 4.69) is 22.0 Å². The number of non-ortho nitro benzene ring substituents is 1. The average Bonchev–Trinajstić information content (AvgIpc) is 3.05. The van der Waals surface area contributed by atoms with Crippen molar-refractivity contribution in [2.24, 2.45) is 5.92 Å². The summed E-state index contributed by atoms with van der Waals surface area (Å²) < 4.78 is 13.2. The molecule has 12 heteroatoms. The molecule has 4 unspecified atom stereocenters. The number of benzene rings is 3. The Balaban J connectivity index is 1.30. The van der Waals surface area contributed by atoms with Crippen LogP contribution in [0.15, 0.2) is 72.8 Å². The lowest BCUT2D eigenvalue weighted by molar-refractivity contribution is -0.384. The third-order valence-corrected chi connectivity index (χ3v) is 8.37. The third-order valence-electron chi connectivity index (χ3n) is 8.37. The van der Waals surface area contributed by atoms with Crippen LogP contribution < -0.4 is 10.2 Å². The molecule has 0 aliphatic carbocycles. The normalized spacial score (nSPS) is 22.1. The number of amides is 1. The van der Waals surface area contributed by atoms with Gasteiger partial charge in [0.2, 0.25) is 5.91 Å². The maximum atomic E-state index is 12.3. The summed E-state index contributed by atoms with van der Waals surface area (Å²) in [5.74, 6) is -1.43. The van der Waals surface area contributed by atoms with Gasteiger partial charge in [0, 0.05) is 74.1 Å². The molecule has 2 saturated heterocycles. The van der Waals surface area contributed by atoms with Crippen LogP contribution in [0.4, 0.5) is 17.1 Å². The number of carbonyl (C=O) groups is 2. The molecule has 0 bridgehead atoms. The van der Waals surface area contributed by atoms with Gasteiger partial charge in [0.05, 0.1) is 30.2 Å². The fraction of sp³-hybridized carbons (Fsp3) is 0.394. The monoisotopic (exact) mass is 618 g/mol. The van der Waals surface area contributed by atoms with Gasteiger partial charge >= 0.3 is 5.97 Å². The Labute approximate surface area is 261 Å². The van der Waals surface area contributed by atoms with Crippen LogP contribution in [0.5, 0.6) is 0 Å². The number of carboxylic acid groups (broad SMARTS) is 1. The van der Waals surface area contributed by atoms with Gasteiger partial charge in [-0.2, -0.15) is 0 Å². The number of nitrogens with one attached hydrogen (secondary N) is 1. The molecule has 2 aliphatic heterocycles. The number of nitro groups is 1. The molecule has 3 N–H and O–H groups in total. The predicted molar refractivity (Wildman–Crippen MR) is 167 cm³/mol. The van der Waals surface area contributed by atoms with Gasteiger partial charge in [0.25, 0.3) is 5.69 Å². The molecule has 3 aromatic carbocycles. The third kappa shape index (κ3) is 8.22. The second-order valence-electron chi connectivity index (χ2n) is 11.5. The van der Waals surface area contributed by atoms with Crippen LogP contribution in [0, 0.1) is 16.0 Å². The lowest BCUT2D eigenvalue weighted by Crippen LogP contribution is -2.51. The number of nitro benzene ring substituents is 1. The van der Waals surface area contributed by atoms with Gasteiger partial charge in [-0.25, -0.2) is 0 Å². The minimum absolute atomic E-state index is 0.00664. The Hall–Kier alpha value is -4.36. The lowest BCUT2D eigenvalue weighted by Gasteiger charge is -2.44. The van der Waals surface area contributed by atoms with Gasteiger partial charge in [-0.05, 0) is 35.4 Å². The van der Waals surface area contributed by atoms with E-state index in [4.69, 9.17) is 14.6 Å². The molecule has 45 heavy (non-hydrogen) atoms. The summed E-state index contributed by atoms with van der Waals surface area (Å²) in [6.07, 6.45) is -1.58. The fourth-order valence-corrected chi connectivity index (χ4v) is 5.76. The molecular formula is C33H38N4O8. The molecule has 2 aliphatic rings. The molecule has 238 valence electrons. The first kappa shape index (κ1) is 32.0. The van der Waals surface area contributed by atoms with Crippen LogP contribution in [0.25, 0.3) is 0 Å². The summed E-state index contributed by atoms with van der Waals surface area (Å²) in [5.41, 5.74) is 4.06. The number of carbonyl (C=O) groups excluding carboxylic acids is 1. The highest BCUT2D eigenvalue weighted by Crippen LogP contribution is 2.42. The van der Waals surface area contributed by atoms with Gasteiger partial charge in [0.1, 0.15) is 0 Å². The highest BCUT2D eigenvalue weighted by atomic mass is 16.7. The van der Waals surface area contributed by atoms with E-state index in [-0.39, 0.29) is 49.2 Å².